The van der Waals surface area contributed by atoms with E-state index in [2.05, 4.69) is 62.1 Å². The van der Waals surface area contributed by atoms with Crippen LogP contribution < -0.4 is 0 Å². The first-order valence-corrected chi connectivity index (χ1v) is 4.31. The highest BCUT2D eigenvalue weighted by Crippen LogP contribution is 2.21. The Kier molecular flexibility index (Phi) is 3.12. The molecule has 0 spiro atoms. The standard InChI is InChI=1S/C9H17BN2/c1-11(2)10(12(3)4)9-7-5-6-8-9/h5-9H,1-4H3. The molecule has 0 aromatic rings. The molecule has 0 N–H and O–H groups in total. The fourth-order valence-electron chi connectivity index (χ4n) is 1.80. The summed E-state index contributed by atoms with van der Waals surface area (Å²) in [5, 5.41) is 0. The summed E-state index contributed by atoms with van der Waals surface area (Å²) >= 11 is 0. The zero-order valence-electron chi connectivity index (χ0n) is 8.36. The van der Waals surface area contributed by atoms with Crippen molar-refractivity contribution in [2.45, 2.75) is 5.82 Å². The highest BCUT2D eigenvalue weighted by atomic mass is 15.2. The molecule has 0 aromatic heterocycles. The van der Waals surface area contributed by atoms with Gasteiger partial charge < -0.3 is 9.62 Å². The molecule has 3 heteroatoms. The third-order valence-corrected chi connectivity index (χ3v) is 2.18. The minimum absolute atomic E-state index is 0.472. The van der Waals surface area contributed by atoms with E-state index in [0.29, 0.717) is 12.8 Å². The molecule has 12 heavy (non-hydrogen) atoms. The maximum atomic E-state index is 2.24. The van der Waals surface area contributed by atoms with E-state index in [-0.39, 0.29) is 0 Å². The Morgan fingerprint density at radius 2 is 1.33 bits per heavy atom. The number of allylic oxidation sites excluding steroid dienone is 4. The molecule has 2 nitrogen and oxygen atoms in total. The van der Waals surface area contributed by atoms with Crippen LogP contribution in [0.2, 0.25) is 5.82 Å². The number of hydrogen-bond acceptors (Lipinski definition) is 2. The Balaban J connectivity index is 2.65. The second kappa shape index (κ2) is 3.92. The first-order chi connectivity index (χ1) is 5.63. The van der Waals surface area contributed by atoms with E-state index < -0.39 is 0 Å². The molecule has 1 rings (SSSR count). The lowest BCUT2D eigenvalue weighted by molar-refractivity contribution is 0.511. The smallest absolute Gasteiger partial charge is 0.321 e. The lowest BCUT2D eigenvalue weighted by Gasteiger charge is -2.29. The molecule has 0 saturated carbocycles. The quantitative estimate of drug-likeness (QED) is 0.576. The van der Waals surface area contributed by atoms with Crippen molar-refractivity contribution in [1.82, 2.24) is 9.62 Å². The molecule has 1 aliphatic rings. The van der Waals surface area contributed by atoms with Gasteiger partial charge in [-0.15, -0.1) is 0 Å². The van der Waals surface area contributed by atoms with Crippen LogP contribution in [-0.4, -0.2) is 44.8 Å². The minimum atomic E-state index is 0.472. The zero-order chi connectivity index (χ0) is 9.14. The molecular weight excluding hydrogens is 147 g/mol. The molecule has 0 bridgehead atoms. The molecule has 0 fully saturated rings. The Morgan fingerprint density at radius 1 is 0.917 bits per heavy atom. The van der Waals surface area contributed by atoms with Crippen LogP contribution >= 0.6 is 0 Å². The van der Waals surface area contributed by atoms with Gasteiger partial charge in [-0.3, -0.25) is 0 Å². The fourth-order valence-corrected chi connectivity index (χ4v) is 1.80. The maximum absolute atomic E-state index is 2.24. The molecule has 0 aromatic carbocycles. The van der Waals surface area contributed by atoms with Crippen LogP contribution in [0.25, 0.3) is 0 Å². The largest absolute Gasteiger partial charge is 0.333 e. The molecule has 0 atom stereocenters. The molecule has 0 saturated heterocycles. The van der Waals surface area contributed by atoms with Crippen molar-refractivity contribution in [3.8, 4) is 0 Å². The van der Waals surface area contributed by atoms with Gasteiger partial charge in [-0.25, -0.2) is 0 Å². The van der Waals surface area contributed by atoms with Crippen molar-refractivity contribution in [2.75, 3.05) is 28.2 Å². The zero-order valence-corrected chi connectivity index (χ0v) is 8.36. The summed E-state index contributed by atoms with van der Waals surface area (Å²) in [6.45, 7) is 0.472. The predicted molar refractivity (Wildman–Crippen MR) is 55.2 cm³/mol. The highest BCUT2D eigenvalue weighted by Gasteiger charge is 2.28. The fraction of sp³-hybridized carbons (Fsp3) is 0.556. The van der Waals surface area contributed by atoms with Crippen LogP contribution in [0, 0.1) is 0 Å². The van der Waals surface area contributed by atoms with Crippen LogP contribution in [-0.2, 0) is 0 Å². The molecule has 0 radical (unpaired) electrons. The lowest BCUT2D eigenvalue weighted by atomic mass is 9.60. The van der Waals surface area contributed by atoms with Crippen molar-refractivity contribution in [3.63, 3.8) is 0 Å². The SMILES string of the molecule is CN(C)B(C1C=CC=C1)N(C)C. The van der Waals surface area contributed by atoms with Gasteiger partial charge >= 0.3 is 6.98 Å². The molecular formula is C9H17BN2. The van der Waals surface area contributed by atoms with Crippen LogP contribution in [0.3, 0.4) is 0 Å². The topological polar surface area (TPSA) is 6.48 Å². The summed E-state index contributed by atoms with van der Waals surface area (Å²) in [6.07, 6.45) is 8.71. The summed E-state index contributed by atoms with van der Waals surface area (Å²) in [7, 11) is 8.46. The van der Waals surface area contributed by atoms with Crippen molar-refractivity contribution in [1.29, 1.82) is 0 Å². The van der Waals surface area contributed by atoms with E-state index in [1.165, 1.54) is 0 Å². The summed E-state index contributed by atoms with van der Waals surface area (Å²) in [4.78, 5) is 4.48. The van der Waals surface area contributed by atoms with Crippen LogP contribution in [0.15, 0.2) is 24.3 Å². The third kappa shape index (κ3) is 1.99. The second-order valence-corrected chi connectivity index (χ2v) is 3.69. The average Bonchev–Trinajstić information content (AvgIpc) is 2.37. The molecule has 0 aliphatic heterocycles. The van der Waals surface area contributed by atoms with E-state index >= 15 is 0 Å². The summed E-state index contributed by atoms with van der Waals surface area (Å²) < 4.78 is 0. The Hall–Kier alpha value is -0.535. The highest BCUT2D eigenvalue weighted by molar-refractivity contribution is 6.55. The summed E-state index contributed by atoms with van der Waals surface area (Å²) in [5.74, 6) is 0.537. The molecule has 1 aliphatic carbocycles. The van der Waals surface area contributed by atoms with Crippen molar-refractivity contribution in [2.24, 2.45) is 0 Å². The first-order valence-electron chi connectivity index (χ1n) is 4.31. The van der Waals surface area contributed by atoms with E-state index in [4.69, 9.17) is 0 Å². The van der Waals surface area contributed by atoms with Crippen molar-refractivity contribution < 1.29 is 0 Å². The van der Waals surface area contributed by atoms with Crippen LogP contribution in [0.4, 0.5) is 0 Å². The first kappa shape index (κ1) is 9.55. The van der Waals surface area contributed by atoms with Crippen molar-refractivity contribution >= 4 is 6.98 Å². The normalized spacial score (nSPS) is 16.8. The van der Waals surface area contributed by atoms with Crippen LogP contribution in [0.5, 0.6) is 0 Å². The van der Waals surface area contributed by atoms with Crippen LogP contribution in [0.1, 0.15) is 0 Å². The molecule has 0 heterocycles. The van der Waals surface area contributed by atoms with Gasteiger partial charge in [0.2, 0.25) is 0 Å². The molecule has 0 amide bonds. The Labute approximate surface area is 75.7 Å². The lowest BCUT2D eigenvalue weighted by Crippen LogP contribution is -2.47. The third-order valence-electron chi connectivity index (χ3n) is 2.18. The number of rotatable bonds is 3. The average molecular weight is 164 g/mol. The molecule has 66 valence electrons. The van der Waals surface area contributed by atoms with E-state index in [9.17, 15) is 0 Å². The Morgan fingerprint density at radius 3 is 1.67 bits per heavy atom. The summed E-state index contributed by atoms with van der Waals surface area (Å²) in [5.41, 5.74) is 0. The number of hydrogen-bond donors (Lipinski definition) is 0. The van der Waals surface area contributed by atoms with Crippen molar-refractivity contribution in [3.05, 3.63) is 24.3 Å². The van der Waals surface area contributed by atoms with Gasteiger partial charge in [0.25, 0.3) is 0 Å². The molecule has 0 unspecified atom stereocenters. The van der Waals surface area contributed by atoms with Gasteiger partial charge in [-0.05, 0) is 28.2 Å². The van der Waals surface area contributed by atoms with Gasteiger partial charge in [0.15, 0.2) is 0 Å². The monoisotopic (exact) mass is 164 g/mol. The van der Waals surface area contributed by atoms with Gasteiger partial charge in [0, 0.05) is 5.82 Å². The predicted octanol–water partition coefficient (Wildman–Crippen LogP) is 1.09. The van der Waals surface area contributed by atoms with Gasteiger partial charge in [-0.2, -0.15) is 0 Å². The Bertz CT molecular complexity index is 177. The summed E-state index contributed by atoms with van der Waals surface area (Å²) in [6, 6.07) is 0. The van der Waals surface area contributed by atoms with E-state index in [0.717, 1.165) is 0 Å². The number of nitrogens with zero attached hydrogens (tertiary/aromatic N) is 2. The maximum Gasteiger partial charge on any atom is 0.321 e. The minimum Gasteiger partial charge on any atom is -0.333 e. The van der Waals surface area contributed by atoms with E-state index in [1.54, 1.807) is 0 Å². The van der Waals surface area contributed by atoms with Gasteiger partial charge in [-0.1, -0.05) is 24.3 Å². The second-order valence-electron chi connectivity index (χ2n) is 3.69. The van der Waals surface area contributed by atoms with E-state index in [1.807, 2.05) is 0 Å². The van der Waals surface area contributed by atoms with Gasteiger partial charge in [0.05, 0.1) is 0 Å². The van der Waals surface area contributed by atoms with Gasteiger partial charge in [0.1, 0.15) is 0 Å².